The van der Waals surface area contributed by atoms with E-state index in [9.17, 15) is 4.79 Å². The first-order chi connectivity index (χ1) is 10.5. The maximum absolute atomic E-state index is 12.3. The lowest BCUT2D eigenvalue weighted by Crippen LogP contribution is -2.34. The summed E-state index contributed by atoms with van der Waals surface area (Å²) >= 11 is 0. The predicted octanol–water partition coefficient (Wildman–Crippen LogP) is 2.31. The molecule has 0 aliphatic carbocycles. The highest BCUT2D eigenvalue weighted by Gasteiger charge is 2.17. The summed E-state index contributed by atoms with van der Waals surface area (Å²) < 4.78 is 0. The van der Waals surface area contributed by atoms with Crippen LogP contribution >= 0.6 is 0 Å². The third-order valence-electron chi connectivity index (χ3n) is 3.86. The van der Waals surface area contributed by atoms with Crippen LogP contribution in [-0.4, -0.2) is 41.6 Å². The summed E-state index contributed by atoms with van der Waals surface area (Å²) in [5.41, 5.74) is 3.92. The lowest BCUT2D eigenvalue weighted by atomic mass is 10.0. The quantitative estimate of drug-likeness (QED) is 0.860. The Hall–Kier alpha value is -2.14. The Morgan fingerprint density at radius 2 is 2.00 bits per heavy atom. The normalized spacial score (nSPS) is 12.4. The third-order valence-corrected chi connectivity index (χ3v) is 3.86. The van der Waals surface area contributed by atoms with Crippen LogP contribution in [0.1, 0.15) is 40.1 Å². The van der Waals surface area contributed by atoms with E-state index in [1.807, 2.05) is 21.0 Å². The number of benzene rings is 1. The highest BCUT2D eigenvalue weighted by atomic mass is 16.1. The number of aromatic amines is 1. The van der Waals surface area contributed by atoms with Crippen molar-refractivity contribution in [2.24, 2.45) is 0 Å². The van der Waals surface area contributed by atoms with Gasteiger partial charge in [-0.2, -0.15) is 5.10 Å². The van der Waals surface area contributed by atoms with Gasteiger partial charge in [0.2, 0.25) is 0 Å². The van der Waals surface area contributed by atoms with Crippen LogP contribution in [0.3, 0.4) is 0 Å². The van der Waals surface area contributed by atoms with E-state index >= 15 is 0 Å². The van der Waals surface area contributed by atoms with Gasteiger partial charge < -0.3 is 10.2 Å². The predicted molar refractivity (Wildman–Crippen MR) is 87.9 cm³/mol. The summed E-state index contributed by atoms with van der Waals surface area (Å²) in [5, 5.41) is 9.82. The number of nitrogens with one attached hydrogen (secondary N) is 2. The monoisotopic (exact) mass is 300 g/mol. The van der Waals surface area contributed by atoms with Gasteiger partial charge in [0.05, 0.1) is 17.8 Å². The van der Waals surface area contributed by atoms with Crippen LogP contribution in [0, 0.1) is 6.92 Å². The molecule has 0 spiro atoms. The molecule has 1 amide bonds. The topological polar surface area (TPSA) is 61.0 Å². The molecule has 0 bridgehead atoms. The van der Waals surface area contributed by atoms with Crippen molar-refractivity contribution in [3.05, 3.63) is 52.8 Å². The van der Waals surface area contributed by atoms with Gasteiger partial charge in [-0.25, -0.2) is 0 Å². The molecule has 0 radical (unpaired) electrons. The molecular weight excluding hydrogens is 276 g/mol. The molecular formula is C17H24N4O. The molecule has 0 fully saturated rings. The van der Waals surface area contributed by atoms with Crippen molar-refractivity contribution in [2.45, 2.75) is 26.3 Å². The highest BCUT2D eigenvalue weighted by Crippen LogP contribution is 2.18. The van der Waals surface area contributed by atoms with Gasteiger partial charge in [-0.15, -0.1) is 0 Å². The van der Waals surface area contributed by atoms with Crippen LogP contribution in [0.5, 0.6) is 0 Å². The average molecular weight is 300 g/mol. The Kier molecular flexibility index (Phi) is 5.33. The minimum absolute atomic E-state index is 0.0791. The van der Waals surface area contributed by atoms with Gasteiger partial charge >= 0.3 is 0 Å². The van der Waals surface area contributed by atoms with Crippen molar-refractivity contribution in [1.29, 1.82) is 0 Å². The Morgan fingerprint density at radius 1 is 1.32 bits per heavy atom. The summed E-state index contributed by atoms with van der Waals surface area (Å²) in [6.45, 7) is 4.63. The van der Waals surface area contributed by atoms with Crippen molar-refractivity contribution in [2.75, 3.05) is 20.6 Å². The SMILES string of the molecule is CCc1[nH]ncc1C(=O)NC[C@@H](c1ccc(C)cc1)N(C)C. The van der Waals surface area contributed by atoms with Crippen LogP contribution < -0.4 is 5.32 Å². The van der Waals surface area contributed by atoms with Crippen LogP contribution in [-0.2, 0) is 6.42 Å². The molecule has 0 saturated heterocycles. The first-order valence-electron chi connectivity index (χ1n) is 7.56. The second-order valence-corrected chi connectivity index (χ2v) is 5.72. The van der Waals surface area contributed by atoms with E-state index in [-0.39, 0.29) is 11.9 Å². The average Bonchev–Trinajstić information content (AvgIpc) is 2.97. The largest absolute Gasteiger partial charge is 0.350 e. The van der Waals surface area contributed by atoms with Gasteiger partial charge in [-0.3, -0.25) is 9.89 Å². The Balaban J connectivity index is 2.06. The maximum atomic E-state index is 12.3. The molecule has 1 atom stereocenters. The van der Waals surface area contributed by atoms with E-state index in [0.29, 0.717) is 12.1 Å². The zero-order valence-electron chi connectivity index (χ0n) is 13.7. The number of carbonyl (C=O) groups excluding carboxylic acids is 1. The summed E-state index contributed by atoms with van der Waals surface area (Å²) in [6, 6.07) is 8.56. The lowest BCUT2D eigenvalue weighted by Gasteiger charge is -2.25. The van der Waals surface area contributed by atoms with Gasteiger partial charge in [-0.1, -0.05) is 36.8 Å². The van der Waals surface area contributed by atoms with Crippen LogP contribution in [0.15, 0.2) is 30.5 Å². The number of hydrogen-bond donors (Lipinski definition) is 2. The van der Waals surface area contributed by atoms with Crippen LogP contribution in [0.25, 0.3) is 0 Å². The van der Waals surface area contributed by atoms with Crippen molar-refractivity contribution in [3.63, 3.8) is 0 Å². The van der Waals surface area contributed by atoms with Gasteiger partial charge in [0.15, 0.2) is 0 Å². The second-order valence-electron chi connectivity index (χ2n) is 5.72. The fraction of sp³-hybridized carbons (Fsp3) is 0.412. The van der Waals surface area contributed by atoms with E-state index in [1.165, 1.54) is 11.1 Å². The number of H-pyrrole nitrogens is 1. The molecule has 2 N–H and O–H groups in total. The molecule has 1 heterocycles. The molecule has 2 rings (SSSR count). The molecule has 0 unspecified atom stereocenters. The number of aromatic nitrogens is 2. The highest BCUT2D eigenvalue weighted by molar-refractivity contribution is 5.95. The van der Waals surface area contributed by atoms with Gasteiger partial charge in [-0.05, 0) is 33.0 Å². The first kappa shape index (κ1) is 16.2. The van der Waals surface area contributed by atoms with Gasteiger partial charge in [0.1, 0.15) is 0 Å². The van der Waals surface area contributed by atoms with E-state index in [0.717, 1.165) is 12.1 Å². The number of rotatable bonds is 6. The van der Waals surface area contributed by atoms with Crippen molar-refractivity contribution >= 4 is 5.91 Å². The smallest absolute Gasteiger partial charge is 0.254 e. The minimum atomic E-state index is -0.0791. The standard InChI is InChI=1S/C17H24N4O/c1-5-15-14(10-19-20-15)17(22)18-11-16(21(3)4)13-8-6-12(2)7-9-13/h6-10,16H,5,11H2,1-4H3,(H,18,22)(H,19,20)/t16-/m0/s1. The molecule has 5 heteroatoms. The van der Waals surface area contributed by atoms with Crippen molar-refractivity contribution in [3.8, 4) is 0 Å². The number of carbonyl (C=O) groups is 1. The fourth-order valence-corrected chi connectivity index (χ4v) is 2.45. The molecule has 0 aliphatic rings. The third kappa shape index (κ3) is 3.74. The number of nitrogens with zero attached hydrogens (tertiary/aromatic N) is 2. The molecule has 22 heavy (non-hydrogen) atoms. The zero-order chi connectivity index (χ0) is 16.1. The minimum Gasteiger partial charge on any atom is -0.350 e. The Labute approximate surface area is 131 Å². The van der Waals surface area contributed by atoms with Crippen LogP contribution in [0.4, 0.5) is 0 Å². The van der Waals surface area contributed by atoms with E-state index in [2.05, 4.69) is 51.6 Å². The molecule has 1 aromatic carbocycles. The molecule has 1 aromatic heterocycles. The van der Waals surface area contributed by atoms with Crippen LogP contribution in [0.2, 0.25) is 0 Å². The second kappa shape index (κ2) is 7.22. The van der Waals surface area contributed by atoms with E-state index in [4.69, 9.17) is 0 Å². The van der Waals surface area contributed by atoms with E-state index < -0.39 is 0 Å². The Morgan fingerprint density at radius 3 is 2.59 bits per heavy atom. The summed E-state index contributed by atoms with van der Waals surface area (Å²) in [6.07, 6.45) is 2.35. The van der Waals surface area contributed by atoms with Gasteiger partial charge in [0.25, 0.3) is 5.91 Å². The molecule has 2 aromatic rings. The zero-order valence-corrected chi connectivity index (χ0v) is 13.7. The van der Waals surface area contributed by atoms with Crippen molar-refractivity contribution in [1.82, 2.24) is 20.4 Å². The summed E-state index contributed by atoms with van der Waals surface area (Å²) in [4.78, 5) is 14.4. The number of aryl methyl sites for hydroxylation is 2. The molecule has 5 nitrogen and oxygen atoms in total. The number of amides is 1. The lowest BCUT2D eigenvalue weighted by molar-refractivity contribution is 0.0941. The number of likely N-dealkylation sites (N-methyl/N-ethyl adjacent to an activating group) is 1. The van der Waals surface area contributed by atoms with Crippen molar-refractivity contribution < 1.29 is 4.79 Å². The summed E-state index contributed by atoms with van der Waals surface area (Å²) in [7, 11) is 4.04. The van der Waals surface area contributed by atoms with E-state index in [1.54, 1.807) is 6.20 Å². The molecule has 0 aliphatic heterocycles. The molecule has 118 valence electrons. The fourth-order valence-electron chi connectivity index (χ4n) is 2.45. The Bertz CT molecular complexity index is 616. The summed E-state index contributed by atoms with van der Waals surface area (Å²) in [5.74, 6) is -0.0791. The maximum Gasteiger partial charge on any atom is 0.254 e. The molecule has 0 saturated carbocycles. The van der Waals surface area contributed by atoms with Gasteiger partial charge in [0, 0.05) is 12.2 Å². The first-order valence-corrected chi connectivity index (χ1v) is 7.56. The number of hydrogen-bond acceptors (Lipinski definition) is 3.